The molecular formula is C16H22ClN3O. The number of hydrogen-bond donors (Lipinski definition) is 1. The maximum atomic E-state index is 12.0. The van der Waals surface area contributed by atoms with Gasteiger partial charge in [0.15, 0.2) is 0 Å². The Morgan fingerprint density at radius 2 is 2.24 bits per heavy atom. The summed E-state index contributed by atoms with van der Waals surface area (Å²) in [4.78, 5) is 18.4. The fourth-order valence-electron chi connectivity index (χ4n) is 2.47. The van der Waals surface area contributed by atoms with E-state index in [1.807, 2.05) is 6.92 Å². The molecule has 114 valence electrons. The molecule has 1 aromatic rings. The van der Waals surface area contributed by atoms with Crippen LogP contribution >= 0.6 is 11.6 Å². The number of carbonyl (C=O) groups excluding carboxylic acids is 1. The molecule has 1 aliphatic rings. The Balaban J connectivity index is 1.72. The quantitative estimate of drug-likeness (QED) is 0.851. The Bertz CT molecular complexity index is 479. The number of nitrogens with one attached hydrogen (secondary N) is 1. The first-order valence-corrected chi connectivity index (χ1v) is 7.80. The van der Waals surface area contributed by atoms with Gasteiger partial charge in [0, 0.05) is 19.3 Å². The maximum absolute atomic E-state index is 12.0. The zero-order valence-corrected chi connectivity index (χ0v) is 13.1. The molecule has 21 heavy (non-hydrogen) atoms. The lowest BCUT2D eigenvalue weighted by Crippen LogP contribution is -2.38. The summed E-state index contributed by atoms with van der Waals surface area (Å²) in [5.41, 5.74) is 0.421. The van der Waals surface area contributed by atoms with Gasteiger partial charge in [0.25, 0.3) is 5.91 Å². The Labute approximate surface area is 131 Å². The molecule has 1 saturated heterocycles. The van der Waals surface area contributed by atoms with Gasteiger partial charge in [0.1, 0.15) is 5.69 Å². The second-order valence-electron chi connectivity index (χ2n) is 5.38. The summed E-state index contributed by atoms with van der Waals surface area (Å²) in [5, 5.41) is 3.51. The van der Waals surface area contributed by atoms with Crippen LogP contribution in [0.15, 0.2) is 30.5 Å². The fourth-order valence-corrected chi connectivity index (χ4v) is 2.58. The lowest BCUT2D eigenvalue weighted by atomic mass is 9.97. The van der Waals surface area contributed by atoms with Crippen LogP contribution in [0.25, 0.3) is 0 Å². The highest BCUT2D eigenvalue weighted by atomic mass is 35.5. The summed E-state index contributed by atoms with van der Waals surface area (Å²) >= 11 is 5.76. The molecule has 1 aliphatic heterocycles. The van der Waals surface area contributed by atoms with Crippen molar-refractivity contribution in [3.8, 4) is 0 Å². The minimum absolute atomic E-state index is 0.122. The van der Waals surface area contributed by atoms with Crippen LogP contribution in [0.1, 0.15) is 30.3 Å². The van der Waals surface area contributed by atoms with Gasteiger partial charge in [-0.1, -0.05) is 23.8 Å². The van der Waals surface area contributed by atoms with Crippen molar-refractivity contribution in [1.82, 2.24) is 15.2 Å². The zero-order chi connectivity index (χ0) is 15.1. The van der Waals surface area contributed by atoms with E-state index in [2.05, 4.69) is 27.4 Å². The number of halogens is 1. The van der Waals surface area contributed by atoms with Crippen molar-refractivity contribution < 1.29 is 4.79 Å². The summed E-state index contributed by atoms with van der Waals surface area (Å²) in [6, 6.07) is 3.33. The largest absolute Gasteiger partial charge is 0.350 e. The topological polar surface area (TPSA) is 45.2 Å². The van der Waals surface area contributed by atoms with Crippen molar-refractivity contribution in [2.45, 2.75) is 19.8 Å². The summed E-state index contributed by atoms with van der Waals surface area (Å²) in [7, 11) is 0. The first-order chi connectivity index (χ1) is 10.2. The van der Waals surface area contributed by atoms with Crippen molar-refractivity contribution in [3.63, 3.8) is 0 Å². The standard InChI is InChI=1S/C16H22ClN3O/c1-2-3-8-20-9-6-13(7-10-20)11-19-16(21)15-5-4-14(17)12-18-15/h2-5,12-13H,6-11H2,1H3,(H,19,21)/b3-2+. The molecule has 1 N–H and O–H groups in total. The van der Waals surface area contributed by atoms with Crippen molar-refractivity contribution in [3.05, 3.63) is 41.2 Å². The molecule has 4 nitrogen and oxygen atoms in total. The lowest BCUT2D eigenvalue weighted by Gasteiger charge is -2.31. The van der Waals surface area contributed by atoms with E-state index in [-0.39, 0.29) is 5.91 Å². The number of pyridine rings is 1. The van der Waals surface area contributed by atoms with Crippen LogP contribution in [0.4, 0.5) is 0 Å². The molecule has 1 amide bonds. The smallest absolute Gasteiger partial charge is 0.269 e. The minimum atomic E-state index is -0.122. The molecule has 2 heterocycles. The molecule has 1 aromatic heterocycles. The predicted molar refractivity (Wildman–Crippen MR) is 85.6 cm³/mol. The van der Waals surface area contributed by atoms with Crippen LogP contribution in [0, 0.1) is 5.92 Å². The molecule has 0 unspecified atom stereocenters. The van der Waals surface area contributed by atoms with Crippen LogP contribution in [-0.4, -0.2) is 42.0 Å². The second kappa shape index (κ2) is 8.15. The normalized spacial score (nSPS) is 17.2. The molecule has 5 heteroatoms. The number of rotatable bonds is 5. The van der Waals surface area contributed by atoms with Gasteiger partial charge in [-0.2, -0.15) is 0 Å². The maximum Gasteiger partial charge on any atom is 0.269 e. The third-order valence-electron chi connectivity index (χ3n) is 3.82. The number of likely N-dealkylation sites (tertiary alicyclic amines) is 1. The highest BCUT2D eigenvalue weighted by Crippen LogP contribution is 2.16. The van der Waals surface area contributed by atoms with Crippen molar-refractivity contribution in [1.29, 1.82) is 0 Å². The third-order valence-corrected chi connectivity index (χ3v) is 4.04. The van der Waals surface area contributed by atoms with E-state index in [1.165, 1.54) is 6.20 Å². The Morgan fingerprint density at radius 3 is 2.86 bits per heavy atom. The summed E-state index contributed by atoms with van der Waals surface area (Å²) in [5.74, 6) is 0.436. The van der Waals surface area contributed by atoms with E-state index in [0.29, 0.717) is 16.6 Å². The molecule has 0 spiro atoms. The summed E-state index contributed by atoms with van der Waals surface area (Å²) in [6.07, 6.45) is 8.04. The van der Waals surface area contributed by atoms with Gasteiger partial charge in [-0.3, -0.25) is 9.69 Å². The number of carbonyl (C=O) groups is 1. The first kappa shape index (κ1) is 16.0. The molecular weight excluding hydrogens is 286 g/mol. The van der Waals surface area contributed by atoms with Gasteiger partial charge < -0.3 is 5.32 Å². The minimum Gasteiger partial charge on any atom is -0.350 e. The number of aromatic nitrogens is 1. The van der Waals surface area contributed by atoms with Crippen LogP contribution in [-0.2, 0) is 0 Å². The Kier molecular flexibility index (Phi) is 6.21. The Hall–Kier alpha value is -1.39. The lowest BCUT2D eigenvalue weighted by molar-refractivity contribution is 0.0932. The van der Waals surface area contributed by atoms with Crippen molar-refractivity contribution in [2.75, 3.05) is 26.2 Å². The van der Waals surface area contributed by atoms with Gasteiger partial charge in [0.05, 0.1) is 5.02 Å². The van der Waals surface area contributed by atoms with Crippen LogP contribution < -0.4 is 5.32 Å². The van der Waals surface area contributed by atoms with Gasteiger partial charge in [0.2, 0.25) is 0 Å². The molecule has 1 fully saturated rings. The van der Waals surface area contributed by atoms with Crippen LogP contribution in [0.5, 0.6) is 0 Å². The second-order valence-corrected chi connectivity index (χ2v) is 5.82. The number of hydrogen-bond acceptors (Lipinski definition) is 3. The average molecular weight is 308 g/mol. The molecule has 0 radical (unpaired) electrons. The van der Waals surface area contributed by atoms with Gasteiger partial charge in [-0.15, -0.1) is 0 Å². The fraction of sp³-hybridized carbons (Fsp3) is 0.500. The van der Waals surface area contributed by atoms with Crippen molar-refractivity contribution in [2.24, 2.45) is 5.92 Å². The van der Waals surface area contributed by atoms with Gasteiger partial charge >= 0.3 is 0 Å². The highest BCUT2D eigenvalue weighted by Gasteiger charge is 2.19. The number of amides is 1. The summed E-state index contributed by atoms with van der Waals surface area (Å²) in [6.45, 7) is 6.01. The van der Waals surface area contributed by atoms with Crippen LogP contribution in [0.2, 0.25) is 5.02 Å². The number of nitrogens with zero attached hydrogens (tertiary/aromatic N) is 2. The van der Waals surface area contributed by atoms with E-state index in [0.717, 1.165) is 39.0 Å². The monoisotopic (exact) mass is 307 g/mol. The third kappa shape index (κ3) is 5.14. The van der Waals surface area contributed by atoms with Crippen molar-refractivity contribution >= 4 is 17.5 Å². The summed E-state index contributed by atoms with van der Waals surface area (Å²) < 4.78 is 0. The number of piperidine rings is 1. The van der Waals surface area contributed by atoms with E-state index >= 15 is 0 Å². The van der Waals surface area contributed by atoms with Gasteiger partial charge in [-0.05, 0) is 50.9 Å². The zero-order valence-electron chi connectivity index (χ0n) is 12.4. The molecule has 0 saturated carbocycles. The van der Waals surface area contributed by atoms with E-state index in [4.69, 9.17) is 11.6 Å². The van der Waals surface area contributed by atoms with Crippen LogP contribution in [0.3, 0.4) is 0 Å². The molecule has 2 rings (SSSR count). The SMILES string of the molecule is C/C=C/CN1CCC(CNC(=O)c2ccc(Cl)cn2)CC1. The molecule has 0 aromatic carbocycles. The highest BCUT2D eigenvalue weighted by molar-refractivity contribution is 6.30. The predicted octanol–water partition coefficient (Wildman–Crippen LogP) is 2.75. The van der Waals surface area contributed by atoms with E-state index in [9.17, 15) is 4.79 Å². The average Bonchev–Trinajstić information content (AvgIpc) is 2.52. The Morgan fingerprint density at radius 1 is 1.48 bits per heavy atom. The molecule has 0 aliphatic carbocycles. The number of allylic oxidation sites excluding steroid dienone is 1. The molecule has 0 bridgehead atoms. The van der Waals surface area contributed by atoms with E-state index in [1.54, 1.807) is 12.1 Å². The first-order valence-electron chi connectivity index (χ1n) is 7.42. The molecule has 0 atom stereocenters. The van der Waals surface area contributed by atoms with E-state index < -0.39 is 0 Å². The van der Waals surface area contributed by atoms with Gasteiger partial charge in [-0.25, -0.2) is 4.98 Å².